The van der Waals surface area contributed by atoms with Gasteiger partial charge in [0, 0.05) is 16.4 Å². The number of aromatic nitrogens is 1. The van der Waals surface area contributed by atoms with E-state index in [1.165, 1.54) is 10.0 Å². The third-order valence-corrected chi connectivity index (χ3v) is 2.43. The molecule has 1 rings (SSSR count). The van der Waals surface area contributed by atoms with Crippen molar-refractivity contribution in [2.24, 2.45) is 5.92 Å². The number of nitrogens with zero attached hydrogens (tertiary/aromatic N) is 1. The van der Waals surface area contributed by atoms with Crippen LogP contribution in [0.25, 0.3) is 0 Å². The molecule has 0 aliphatic carbocycles. The van der Waals surface area contributed by atoms with E-state index in [0.29, 0.717) is 5.92 Å². The summed E-state index contributed by atoms with van der Waals surface area (Å²) in [4.78, 5) is 4.26. The van der Waals surface area contributed by atoms with E-state index >= 15 is 0 Å². The molecule has 0 amide bonds. The Labute approximate surface area is 82.3 Å². The number of hydrogen-bond acceptors (Lipinski definition) is 1. The highest BCUT2D eigenvalue weighted by Crippen LogP contribution is 2.19. The zero-order chi connectivity index (χ0) is 9.14. The van der Waals surface area contributed by atoms with E-state index in [2.05, 4.69) is 40.8 Å². The molecule has 0 radical (unpaired) electrons. The van der Waals surface area contributed by atoms with E-state index < -0.39 is 0 Å². The molecule has 1 nitrogen and oxygen atoms in total. The number of hydrogen-bond donors (Lipinski definition) is 0. The van der Waals surface area contributed by atoms with Gasteiger partial charge in [-0.15, -0.1) is 0 Å². The monoisotopic (exact) mass is 227 g/mol. The quantitative estimate of drug-likeness (QED) is 0.756. The summed E-state index contributed by atoms with van der Waals surface area (Å²) < 4.78 is 1.18. The second-order valence-electron chi connectivity index (χ2n) is 3.52. The maximum absolute atomic E-state index is 4.26. The topological polar surface area (TPSA) is 12.9 Å². The van der Waals surface area contributed by atoms with Crippen LogP contribution < -0.4 is 0 Å². The third-order valence-electron chi connectivity index (χ3n) is 1.69. The molecule has 0 saturated carbocycles. The molecule has 0 bridgehead atoms. The van der Waals surface area contributed by atoms with Gasteiger partial charge in [-0.1, -0.05) is 29.8 Å². The van der Waals surface area contributed by atoms with Crippen molar-refractivity contribution in [2.75, 3.05) is 0 Å². The van der Waals surface area contributed by atoms with Gasteiger partial charge in [0.05, 0.1) is 0 Å². The maximum atomic E-state index is 4.26. The van der Waals surface area contributed by atoms with Crippen molar-refractivity contribution in [3.05, 3.63) is 28.0 Å². The molecule has 0 spiro atoms. The first-order valence-electron chi connectivity index (χ1n) is 4.20. The van der Waals surface area contributed by atoms with E-state index in [1.807, 2.05) is 13.1 Å². The Bertz CT molecular complexity index is 269. The molecule has 0 unspecified atom stereocenters. The van der Waals surface area contributed by atoms with Crippen molar-refractivity contribution < 1.29 is 0 Å². The van der Waals surface area contributed by atoms with Crippen LogP contribution in [0, 0.1) is 12.8 Å². The van der Waals surface area contributed by atoms with Crippen LogP contribution in [0.1, 0.15) is 25.1 Å². The Hall–Kier alpha value is -0.370. The molecule has 0 N–H and O–H groups in total. The van der Waals surface area contributed by atoms with E-state index in [4.69, 9.17) is 0 Å². The van der Waals surface area contributed by atoms with Crippen LogP contribution in [0.5, 0.6) is 0 Å². The minimum absolute atomic E-state index is 0.686. The van der Waals surface area contributed by atoms with E-state index in [-0.39, 0.29) is 0 Å². The predicted octanol–water partition coefficient (Wildman–Crippen LogP) is 3.35. The van der Waals surface area contributed by atoms with Gasteiger partial charge in [0.2, 0.25) is 0 Å². The average molecular weight is 228 g/mol. The standard InChI is InChI=1S/C10H14BrN/c1-7(2)4-9-6-12-8(3)5-10(9)11/h5-7H,4H2,1-3H3. The summed E-state index contributed by atoms with van der Waals surface area (Å²) in [5, 5.41) is 0. The molecule has 0 fully saturated rings. The van der Waals surface area contributed by atoms with Crippen molar-refractivity contribution in [3.63, 3.8) is 0 Å². The summed E-state index contributed by atoms with van der Waals surface area (Å²) in [5.41, 5.74) is 2.37. The molecule has 0 atom stereocenters. The van der Waals surface area contributed by atoms with Crippen molar-refractivity contribution >= 4 is 15.9 Å². The second kappa shape index (κ2) is 4.04. The first-order chi connectivity index (χ1) is 5.59. The Morgan fingerprint density at radius 2 is 2.17 bits per heavy atom. The van der Waals surface area contributed by atoms with Gasteiger partial charge >= 0.3 is 0 Å². The van der Waals surface area contributed by atoms with Gasteiger partial charge in [0.15, 0.2) is 0 Å². The molecular weight excluding hydrogens is 214 g/mol. The zero-order valence-electron chi connectivity index (χ0n) is 7.76. The molecule has 0 aromatic carbocycles. The highest BCUT2D eigenvalue weighted by Gasteiger charge is 2.02. The van der Waals surface area contributed by atoms with Gasteiger partial charge in [-0.3, -0.25) is 4.98 Å². The fraction of sp³-hybridized carbons (Fsp3) is 0.500. The first-order valence-corrected chi connectivity index (χ1v) is 5.00. The average Bonchev–Trinajstić information content (AvgIpc) is 1.94. The largest absolute Gasteiger partial charge is 0.261 e. The molecule has 0 saturated heterocycles. The van der Waals surface area contributed by atoms with E-state index in [0.717, 1.165) is 12.1 Å². The molecule has 1 aromatic heterocycles. The summed E-state index contributed by atoms with van der Waals surface area (Å²) in [7, 11) is 0. The Morgan fingerprint density at radius 3 is 2.67 bits per heavy atom. The smallest absolute Gasteiger partial charge is 0.0384 e. The lowest BCUT2D eigenvalue weighted by Crippen LogP contribution is -1.96. The molecule has 1 aromatic rings. The lowest BCUT2D eigenvalue weighted by Gasteiger charge is -2.06. The third kappa shape index (κ3) is 2.59. The van der Waals surface area contributed by atoms with Crippen LogP contribution in [-0.4, -0.2) is 4.98 Å². The Morgan fingerprint density at radius 1 is 1.50 bits per heavy atom. The van der Waals surface area contributed by atoms with Crippen LogP contribution in [-0.2, 0) is 6.42 Å². The van der Waals surface area contributed by atoms with Crippen LogP contribution in [0.4, 0.5) is 0 Å². The highest BCUT2D eigenvalue weighted by molar-refractivity contribution is 9.10. The van der Waals surface area contributed by atoms with Gasteiger partial charge in [-0.25, -0.2) is 0 Å². The minimum Gasteiger partial charge on any atom is -0.261 e. The van der Waals surface area contributed by atoms with E-state index in [9.17, 15) is 0 Å². The van der Waals surface area contributed by atoms with Gasteiger partial charge in [0.25, 0.3) is 0 Å². The highest BCUT2D eigenvalue weighted by atomic mass is 79.9. The number of halogens is 1. The van der Waals surface area contributed by atoms with Gasteiger partial charge in [-0.05, 0) is 30.9 Å². The SMILES string of the molecule is Cc1cc(Br)c(CC(C)C)cn1. The lowest BCUT2D eigenvalue weighted by molar-refractivity contribution is 0.643. The van der Waals surface area contributed by atoms with Crippen LogP contribution in [0.15, 0.2) is 16.7 Å². The molecule has 12 heavy (non-hydrogen) atoms. The molecule has 0 aliphatic heterocycles. The van der Waals surface area contributed by atoms with Gasteiger partial charge in [0.1, 0.15) is 0 Å². The molecule has 1 heterocycles. The normalized spacial score (nSPS) is 10.8. The fourth-order valence-corrected chi connectivity index (χ4v) is 1.74. The summed E-state index contributed by atoms with van der Waals surface area (Å²) in [6.07, 6.45) is 3.05. The van der Waals surface area contributed by atoms with Crippen molar-refractivity contribution in [3.8, 4) is 0 Å². The van der Waals surface area contributed by atoms with Crippen molar-refractivity contribution in [1.82, 2.24) is 4.98 Å². The molecule has 0 aliphatic rings. The zero-order valence-corrected chi connectivity index (χ0v) is 9.35. The molecule has 2 heteroatoms. The fourth-order valence-electron chi connectivity index (χ4n) is 1.14. The summed E-state index contributed by atoms with van der Waals surface area (Å²) in [6, 6.07) is 2.07. The lowest BCUT2D eigenvalue weighted by atomic mass is 10.0. The van der Waals surface area contributed by atoms with Crippen LogP contribution in [0.2, 0.25) is 0 Å². The van der Waals surface area contributed by atoms with E-state index in [1.54, 1.807) is 0 Å². The van der Waals surface area contributed by atoms with Crippen LogP contribution >= 0.6 is 15.9 Å². The second-order valence-corrected chi connectivity index (χ2v) is 4.37. The predicted molar refractivity (Wildman–Crippen MR) is 55.2 cm³/mol. The summed E-state index contributed by atoms with van der Waals surface area (Å²) in [6.45, 7) is 6.43. The number of aryl methyl sites for hydroxylation is 1. The summed E-state index contributed by atoms with van der Waals surface area (Å²) in [5.74, 6) is 0.686. The molecular formula is C10H14BrN. The number of pyridine rings is 1. The van der Waals surface area contributed by atoms with Crippen molar-refractivity contribution in [1.29, 1.82) is 0 Å². The van der Waals surface area contributed by atoms with Gasteiger partial charge < -0.3 is 0 Å². The maximum Gasteiger partial charge on any atom is 0.0384 e. The minimum atomic E-state index is 0.686. The Balaban J connectivity index is 2.86. The Kier molecular flexibility index (Phi) is 3.27. The summed E-state index contributed by atoms with van der Waals surface area (Å²) >= 11 is 3.54. The number of rotatable bonds is 2. The molecule has 66 valence electrons. The van der Waals surface area contributed by atoms with Crippen LogP contribution in [0.3, 0.4) is 0 Å². The first kappa shape index (κ1) is 9.72. The van der Waals surface area contributed by atoms with Crippen molar-refractivity contribution in [2.45, 2.75) is 27.2 Å². The van der Waals surface area contributed by atoms with Gasteiger partial charge in [-0.2, -0.15) is 0 Å².